The van der Waals surface area contributed by atoms with Crippen LogP contribution in [-0.4, -0.2) is 63.2 Å². The van der Waals surface area contributed by atoms with Gasteiger partial charge in [0.1, 0.15) is 11.9 Å². The van der Waals surface area contributed by atoms with Crippen molar-refractivity contribution in [1.29, 1.82) is 0 Å². The summed E-state index contributed by atoms with van der Waals surface area (Å²) in [6.45, 7) is 0.994. The molecule has 0 radical (unpaired) electrons. The maximum Gasteiger partial charge on any atom is 0.251 e. The van der Waals surface area contributed by atoms with Crippen molar-refractivity contribution >= 4 is 23.5 Å². The molecule has 2 aromatic rings. The summed E-state index contributed by atoms with van der Waals surface area (Å²) in [5.41, 5.74) is 3.46. The van der Waals surface area contributed by atoms with Crippen LogP contribution < -0.4 is 4.74 Å². The highest BCUT2D eigenvalue weighted by Gasteiger charge is 2.50. The third kappa shape index (κ3) is 3.34. The number of hydrazine groups is 1. The fourth-order valence-electron chi connectivity index (χ4n) is 6.15. The highest BCUT2D eigenvalue weighted by molar-refractivity contribution is 7.98. The molecule has 8 rings (SSSR count). The van der Waals surface area contributed by atoms with Crippen molar-refractivity contribution in [3.05, 3.63) is 71.4 Å². The number of rotatable bonds is 0. The lowest BCUT2D eigenvalue weighted by atomic mass is 9.79. The summed E-state index contributed by atoms with van der Waals surface area (Å²) in [5.74, 6) is 1.63. The Morgan fingerprint density at radius 1 is 1.06 bits per heavy atom. The summed E-state index contributed by atoms with van der Waals surface area (Å²) in [5, 5.41) is 14.8. The number of amides is 1. The first kappa shape index (κ1) is 21.5. The van der Waals surface area contributed by atoms with E-state index >= 15 is 0 Å². The van der Waals surface area contributed by atoms with E-state index in [1.54, 1.807) is 11.2 Å². The zero-order valence-electron chi connectivity index (χ0n) is 19.2. The number of hydrogen-bond donors (Lipinski definition) is 1. The van der Waals surface area contributed by atoms with Gasteiger partial charge in [-0.1, -0.05) is 30.3 Å². The number of fused-ring (bicyclic) bond motifs is 3. The average Bonchev–Trinajstić information content (AvgIpc) is 3.00. The molecule has 8 heteroatoms. The number of benzene rings is 2. The molecule has 3 unspecified atom stereocenters. The van der Waals surface area contributed by atoms with Crippen LogP contribution in [0.1, 0.15) is 42.0 Å². The van der Waals surface area contributed by atoms with Gasteiger partial charge in [-0.25, -0.2) is 0 Å². The topological polar surface area (TPSA) is 73.3 Å². The Balaban J connectivity index is 1.46. The van der Waals surface area contributed by atoms with Gasteiger partial charge in [-0.15, -0.1) is 11.8 Å². The molecular formula is C27H27N3O4S. The number of ether oxygens (including phenoxy) is 1. The van der Waals surface area contributed by atoms with Crippen molar-refractivity contribution in [2.75, 3.05) is 13.2 Å². The van der Waals surface area contributed by atoms with E-state index in [2.05, 4.69) is 47.5 Å². The lowest BCUT2D eigenvalue weighted by Gasteiger charge is -2.53. The van der Waals surface area contributed by atoms with Gasteiger partial charge in [0.2, 0.25) is 0 Å². The van der Waals surface area contributed by atoms with Crippen LogP contribution in [0.3, 0.4) is 0 Å². The van der Waals surface area contributed by atoms with Crippen LogP contribution in [0.25, 0.3) is 0 Å². The maximum atomic E-state index is 13.6. The molecule has 2 fully saturated rings. The van der Waals surface area contributed by atoms with Gasteiger partial charge >= 0.3 is 0 Å². The van der Waals surface area contributed by atoms with Crippen LogP contribution in [0.5, 0.6) is 5.75 Å². The van der Waals surface area contributed by atoms with E-state index in [1.165, 1.54) is 16.5 Å². The molecule has 0 spiro atoms. The van der Waals surface area contributed by atoms with Gasteiger partial charge in [0.15, 0.2) is 11.8 Å². The molecule has 4 atom stereocenters. The van der Waals surface area contributed by atoms with Crippen molar-refractivity contribution < 1.29 is 19.4 Å². The van der Waals surface area contributed by atoms with Crippen molar-refractivity contribution in [2.24, 2.45) is 5.92 Å². The molecule has 0 aromatic heterocycles. The second-order valence-electron chi connectivity index (χ2n) is 10.1. The quantitative estimate of drug-likeness (QED) is 0.610. The Hall–Kier alpha value is -2.81. The first-order chi connectivity index (χ1) is 17.1. The maximum absolute atomic E-state index is 13.6. The van der Waals surface area contributed by atoms with Gasteiger partial charge in [0.25, 0.3) is 5.91 Å². The monoisotopic (exact) mass is 489 g/mol. The number of nitrogens with zero attached hydrogens (tertiary/aromatic N) is 3. The van der Waals surface area contributed by atoms with E-state index in [-0.39, 0.29) is 18.1 Å². The van der Waals surface area contributed by atoms with Crippen LogP contribution in [0, 0.1) is 5.92 Å². The Labute approximate surface area is 208 Å². The molecule has 1 aliphatic carbocycles. The number of carbonyl (C=O) groups excluding carboxylic acids is 2. The van der Waals surface area contributed by atoms with Crippen molar-refractivity contribution in [3.63, 3.8) is 0 Å². The molecule has 4 bridgehead atoms. The van der Waals surface area contributed by atoms with Gasteiger partial charge in [-0.3, -0.25) is 14.6 Å². The zero-order chi connectivity index (χ0) is 23.7. The molecule has 5 aliphatic heterocycles. The van der Waals surface area contributed by atoms with E-state index in [0.717, 1.165) is 41.9 Å². The molecule has 1 saturated heterocycles. The fraction of sp³-hybridized carbons (Fsp3) is 0.407. The Kier molecular flexibility index (Phi) is 4.98. The zero-order valence-corrected chi connectivity index (χ0v) is 20.1. The summed E-state index contributed by atoms with van der Waals surface area (Å²) in [7, 11) is 0. The number of aliphatic hydroxyl groups excluding tert-OH is 1. The van der Waals surface area contributed by atoms with Crippen molar-refractivity contribution in [3.8, 4) is 5.75 Å². The van der Waals surface area contributed by atoms with E-state index in [1.807, 2.05) is 16.7 Å². The standard InChI is InChI=1S/C27H27N3O4S/c31-20-9-11-29-25(26(20)32)27(33)28-10-8-16-12-18(13-16)34-21-6-3-4-17-14-35-22-7-2-1-5-19(22)24(23(17)21)30(29)15-28/h1-7,9,11,16,18,24-26,32H,8,10,12-15H2/t16?,18?,24-,25?,26?/m0/s1. The lowest BCUT2D eigenvalue weighted by molar-refractivity contribution is -0.186. The predicted molar refractivity (Wildman–Crippen MR) is 130 cm³/mol. The van der Waals surface area contributed by atoms with E-state index in [9.17, 15) is 14.7 Å². The second kappa shape index (κ2) is 8.11. The Morgan fingerprint density at radius 2 is 1.91 bits per heavy atom. The molecular weight excluding hydrogens is 462 g/mol. The molecule has 7 nitrogen and oxygen atoms in total. The minimum atomic E-state index is -1.39. The second-order valence-corrected chi connectivity index (χ2v) is 11.1. The van der Waals surface area contributed by atoms with Crippen LogP contribution in [0.4, 0.5) is 0 Å². The molecule has 5 heterocycles. The average molecular weight is 490 g/mol. The number of aliphatic hydroxyl groups is 1. The van der Waals surface area contributed by atoms with Gasteiger partial charge in [0, 0.05) is 35.0 Å². The number of thioether (sulfide) groups is 1. The van der Waals surface area contributed by atoms with Gasteiger partial charge < -0.3 is 14.7 Å². The van der Waals surface area contributed by atoms with Crippen LogP contribution in [-0.2, 0) is 15.3 Å². The largest absolute Gasteiger partial charge is 0.490 e. The van der Waals surface area contributed by atoms with E-state index < -0.39 is 17.9 Å². The van der Waals surface area contributed by atoms with Crippen LogP contribution >= 0.6 is 11.8 Å². The highest BCUT2D eigenvalue weighted by Crippen LogP contribution is 2.49. The minimum Gasteiger partial charge on any atom is -0.490 e. The minimum absolute atomic E-state index is 0.180. The smallest absolute Gasteiger partial charge is 0.251 e. The number of carbonyl (C=O) groups is 2. The Morgan fingerprint density at radius 3 is 2.80 bits per heavy atom. The third-order valence-electron chi connectivity index (χ3n) is 8.06. The van der Waals surface area contributed by atoms with Crippen LogP contribution in [0.15, 0.2) is 59.6 Å². The predicted octanol–water partition coefficient (Wildman–Crippen LogP) is 3.09. The van der Waals surface area contributed by atoms with E-state index in [0.29, 0.717) is 19.1 Å². The molecule has 1 N–H and O–H groups in total. The molecule has 2 aromatic carbocycles. The van der Waals surface area contributed by atoms with Crippen molar-refractivity contribution in [1.82, 2.24) is 14.9 Å². The lowest BCUT2D eigenvalue weighted by Crippen LogP contribution is -2.68. The molecule has 180 valence electrons. The first-order valence-corrected chi connectivity index (χ1v) is 13.3. The normalized spacial score (nSPS) is 33.2. The third-order valence-corrected chi connectivity index (χ3v) is 9.20. The Bertz CT molecular complexity index is 1240. The molecule has 35 heavy (non-hydrogen) atoms. The SMILES string of the molecule is O=C1C=CN2C(C(=O)N3CCC4CC(C4)Oc4cccc5c4[C@H](c4ccccc4SC5)N2C3)C1O. The highest BCUT2D eigenvalue weighted by atomic mass is 32.2. The molecule has 1 amide bonds. The summed E-state index contributed by atoms with van der Waals surface area (Å²) in [4.78, 5) is 29.1. The van der Waals surface area contributed by atoms with Gasteiger partial charge in [-0.05, 0) is 48.4 Å². The molecule has 6 aliphatic rings. The van der Waals surface area contributed by atoms with Gasteiger partial charge in [-0.2, -0.15) is 5.01 Å². The van der Waals surface area contributed by atoms with E-state index in [4.69, 9.17) is 4.74 Å². The number of ketones is 1. The fourth-order valence-corrected chi connectivity index (χ4v) is 7.23. The summed E-state index contributed by atoms with van der Waals surface area (Å²) in [6.07, 6.45) is 4.74. The van der Waals surface area contributed by atoms with Gasteiger partial charge in [0.05, 0.1) is 18.8 Å². The number of hydrogen-bond acceptors (Lipinski definition) is 7. The van der Waals surface area contributed by atoms with Crippen molar-refractivity contribution in [2.45, 2.75) is 54.2 Å². The summed E-state index contributed by atoms with van der Waals surface area (Å²) in [6, 6.07) is 13.5. The molecule has 1 saturated carbocycles. The van der Waals surface area contributed by atoms with Crippen LogP contribution in [0.2, 0.25) is 0 Å². The first-order valence-electron chi connectivity index (χ1n) is 12.3. The summed E-state index contributed by atoms with van der Waals surface area (Å²) < 4.78 is 6.63. The summed E-state index contributed by atoms with van der Waals surface area (Å²) >= 11 is 1.81.